The van der Waals surface area contributed by atoms with Crippen LogP contribution in [-0.2, 0) is 4.74 Å². The minimum absolute atomic E-state index is 0.194. The first-order valence-electron chi connectivity index (χ1n) is 4.06. The van der Waals surface area contributed by atoms with Gasteiger partial charge in [0.1, 0.15) is 6.23 Å². The molecule has 1 rings (SSSR count). The van der Waals surface area contributed by atoms with Gasteiger partial charge in [-0.1, -0.05) is 11.8 Å². The Bertz CT molecular complexity index is 184. The van der Waals surface area contributed by atoms with E-state index in [9.17, 15) is 0 Å². The lowest BCUT2D eigenvalue weighted by Crippen LogP contribution is -2.42. The molecule has 0 aromatic rings. The van der Waals surface area contributed by atoms with Crippen LogP contribution in [0.1, 0.15) is 13.3 Å². The molecule has 4 heteroatoms. The van der Waals surface area contributed by atoms with Crippen molar-refractivity contribution in [1.29, 1.82) is 0 Å². The van der Waals surface area contributed by atoms with Gasteiger partial charge in [0.25, 0.3) is 0 Å². The molecule has 3 nitrogen and oxygen atoms in total. The van der Waals surface area contributed by atoms with E-state index in [1.165, 1.54) is 0 Å². The van der Waals surface area contributed by atoms with Gasteiger partial charge in [0.05, 0.1) is 6.04 Å². The van der Waals surface area contributed by atoms with Crippen molar-refractivity contribution in [2.45, 2.75) is 25.6 Å². The Kier molecular flexibility index (Phi) is 3.40. The molecule has 0 radical (unpaired) electrons. The Hall–Kier alpha value is -0.220. The maximum Gasteiger partial charge on any atom is 0.160 e. The van der Waals surface area contributed by atoms with E-state index in [4.69, 9.17) is 4.74 Å². The second kappa shape index (κ2) is 4.14. The molecule has 1 aliphatic heterocycles. The zero-order valence-electron chi connectivity index (χ0n) is 8.07. The third-order valence-electron chi connectivity index (χ3n) is 2.06. The normalized spacial score (nSPS) is 30.3. The molecule has 0 N–H and O–H groups in total. The van der Waals surface area contributed by atoms with E-state index < -0.39 is 0 Å². The van der Waals surface area contributed by atoms with E-state index >= 15 is 0 Å². The molecule has 0 unspecified atom stereocenters. The minimum atomic E-state index is 0.194. The molecule has 12 heavy (non-hydrogen) atoms. The monoisotopic (exact) mass is 188 g/mol. The standard InChI is InChI=1S/C8H16N2OS/c1-6-5-7(11-3)10(2)8(9-6)12-4/h6-7H,5H2,1-4H3/t6-,7-/m0/s1. The Labute approximate surface area is 78.2 Å². The summed E-state index contributed by atoms with van der Waals surface area (Å²) < 4.78 is 5.34. The maximum absolute atomic E-state index is 5.34. The highest BCUT2D eigenvalue weighted by Gasteiger charge is 2.24. The summed E-state index contributed by atoms with van der Waals surface area (Å²) >= 11 is 1.67. The highest BCUT2D eigenvalue weighted by Crippen LogP contribution is 2.20. The molecule has 0 saturated carbocycles. The van der Waals surface area contributed by atoms with Crippen molar-refractivity contribution < 1.29 is 4.74 Å². The summed E-state index contributed by atoms with van der Waals surface area (Å²) in [5.74, 6) is 0. The lowest BCUT2D eigenvalue weighted by molar-refractivity contribution is 0.00525. The van der Waals surface area contributed by atoms with Gasteiger partial charge < -0.3 is 9.64 Å². The van der Waals surface area contributed by atoms with E-state index in [0.717, 1.165) is 11.6 Å². The van der Waals surface area contributed by atoms with Gasteiger partial charge in [-0.25, -0.2) is 0 Å². The maximum atomic E-state index is 5.34. The van der Waals surface area contributed by atoms with Crippen LogP contribution in [0, 0.1) is 0 Å². The van der Waals surface area contributed by atoms with Gasteiger partial charge in [0.15, 0.2) is 5.17 Å². The summed E-state index contributed by atoms with van der Waals surface area (Å²) in [6.07, 6.45) is 3.22. The first-order valence-corrected chi connectivity index (χ1v) is 5.29. The molecule has 1 aliphatic rings. The average Bonchev–Trinajstić information content (AvgIpc) is 2.08. The zero-order valence-corrected chi connectivity index (χ0v) is 8.89. The van der Waals surface area contributed by atoms with Gasteiger partial charge in [-0.2, -0.15) is 0 Å². The van der Waals surface area contributed by atoms with Crippen LogP contribution in [-0.4, -0.2) is 42.8 Å². The molecule has 0 aromatic heterocycles. The lowest BCUT2D eigenvalue weighted by atomic mass is 10.2. The number of aliphatic imine (C=N–C) groups is 1. The van der Waals surface area contributed by atoms with Crippen molar-refractivity contribution in [3.63, 3.8) is 0 Å². The van der Waals surface area contributed by atoms with Crippen LogP contribution in [0.5, 0.6) is 0 Å². The fraction of sp³-hybridized carbons (Fsp3) is 0.875. The van der Waals surface area contributed by atoms with E-state index in [2.05, 4.69) is 16.8 Å². The number of amidine groups is 1. The van der Waals surface area contributed by atoms with Crippen LogP contribution >= 0.6 is 11.8 Å². The highest BCUT2D eigenvalue weighted by molar-refractivity contribution is 8.13. The molecule has 0 bridgehead atoms. The van der Waals surface area contributed by atoms with Gasteiger partial charge in [-0.05, 0) is 13.2 Å². The molecule has 70 valence electrons. The Balaban J connectivity index is 2.72. The second-order valence-electron chi connectivity index (χ2n) is 3.00. The number of hydrogen-bond donors (Lipinski definition) is 0. The zero-order chi connectivity index (χ0) is 9.14. The fourth-order valence-corrected chi connectivity index (χ4v) is 2.05. The van der Waals surface area contributed by atoms with E-state index in [1.807, 2.05) is 13.3 Å². The van der Waals surface area contributed by atoms with Crippen LogP contribution in [0.15, 0.2) is 4.99 Å². The Morgan fingerprint density at radius 3 is 2.83 bits per heavy atom. The molecule has 0 aromatic carbocycles. The first kappa shape index (κ1) is 9.86. The molecular weight excluding hydrogens is 172 g/mol. The number of methoxy groups -OCH3 is 1. The van der Waals surface area contributed by atoms with Gasteiger partial charge in [0.2, 0.25) is 0 Å². The van der Waals surface area contributed by atoms with E-state index in [0.29, 0.717) is 6.04 Å². The van der Waals surface area contributed by atoms with E-state index in [-0.39, 0.29) is 6.23 Å². The summed E-state index contributed by atoms with van der Waals surface area (Å²) in [5, 5.41) is 1.07. The molecule has 2 atom stereocenters. The topological polar surface area (TPSA) is 24.8 Å². The van der Waals surface area contributed by atoms with Crippen molar-refractivity contribution in [2.24, 2.45) is 4.99 Å². The van der Waals surface area contributed by atoms with Crippen molar-refractivity contribution >= 4 is 16.9 Å². The number of thioether (sulfide) groups is 1. The van der Waals surface area contributed by atoms with Crippen molar-refractivity contribution in [1.82, 2.24) is 4.90 Å². The Morgan fingerprint density at radius 1 is 1.67 bits per heavy atom. The summed E-state index contributed by atoms with van der Waals surface area (Å²) in [5.41, 5.74) is 0. The molecule has 0 saturated heterocycles. The SMILES string of the molecule is CO[C@H]1C[C@H](C)N=C(SC)N1C. The van der Waals surface area contributed by atoms with Crippen LogP contribution < -0.4 is 0 Å². The van der Waals surface area contributed by atoms with Gasteiger partial charge in [0, 0.05) is 20.6 Å². The second-order valence-corrected chi connectivity index (χ2v) is 3.78. The van der Waals surface area contributed by atoms with Crippen LogP contribution in [0.4, 0.5) is 0 Å². The molecule has 0 fully saturated rings. The van der Waals surface area contributed by atoms with Crippen LogP contribution in [0.3, 0.4) is 0 Å². The average molecular weight is 188 g/mol. The predicted molar refractivity (Wildman–Crippen MR) is 53.6 cm³/mol. The van der Waals surface area contributed by atoms with Gasteiger partial charge >= 0.3 is 0 Å². The minimum Gasteiger partial charge on any atom is -0.361 e. The summed E-state index contributed by atoms with van der Waals surface area (Å²) in [4.78, 5) is 6.59. The van der Waals surface area contributed by atoms with Gasteiger partial charge in [-0.3, -0.25) is 4.99 Å². The van der Waals surface area contributed by atoms with Crippen LogP contribution in [0.2, 0.25) is 0 Å². The van der Waals surface area contributed by atoms with Gasteiger partial charge in [-0.15, -0.1) is 0 Å². The van der Waals surface area contributed by atoms with E-state index in [1.54, 1.807) is 18.9 Å². The number of ether oxygens (including phenoxy) is 1. The quantitative estimate of drug-likeness (QED) is 0.622. The molecule has 0 aliphatic carbocycles. The molecule has 0 amide bonds. The van der Waals surface area contributed by atoms with Crippen molar-refractivity contribution in [3.8, 4) is 0 Å². The lowest BCUT2D eigenvalue weighted by Gasteiger charge is -2.34. The highest BCUT2D eigenvalue weighted by atomic mass is 32.2. The summed E-state index contributed by atoms with van der Waals surface area (Å²) in [6.45, 7) is 2.12. The smallest absolute Gasteiger partial charge is 0.160 e. The fourth-order valence-electron chi connectivity index (χ4n) is 1.36. The Morgan fingerprint density at radius 2 is 2.33 bits per heavy atom. The summed E-state index contributed by atoms with van der Waals surface area (Å²) in [6, 6.07) is 0.383. The number of nitrogens with zero attached hydrogens (tertiary/aromatic N) is 2. The number of hydrogen-bond acceptors (Lipinski definition) is 4. The third kappa shape index (κ3) is 1.93. The molecule has 1 heterocycles. The van der Waals surface area contributed by atoms with Crippen molar-refractivity contribution in [2.75, 3.05) is 20.4 Å². The number of rotatable bonds is 1. The summed E-state index contributed by atoms with van der Waals surface area (Å²) in [7, 11) is 3.77. The van der Waals surface area contributed by atoms with Crippen LogP contribution in [0.25, 0.3) is 0 Å². The van der Waals surface area contributed by atoms with Crippen molar-refractivity contribution in [3.05, 3.63) is 0 Å². The first-order chi connectivity index (χ1) is 5.69. The predicted octanol–water partition coefficient (Wildman–Crippen LogP) is 1.40. The molecular formula is C8H16N2OS. The third-order valence-corrected chi connectivity index (χ3v) is 2.82. The molecule has 0 spiro atoms. The largest absolute Gasteiger partial charge is 0.361 e.